The van der Waals surface area contributed by atoms with Crippen LogP contribution in [0.4, 0.5) is 0 Å². The molecular formula is C15H21NO4S2. The fourth-order valence-corrected chi connectivity index (χ4v) is 3.10. The molecule has 0 saturated carbocycles. The van der Waals surface area contributed by atoms with Crippen LogP contribution in [-0.2, 0) is 23.6 Å². The number of hydrogen-bond acceptors (Lipinski definition) is 6. The third-order valence-electron chi connectivity index (χ3n) is 2.57. The second-order valence-corrected chi connectivity index (χ2v) is 7.87. The number of rotatable bonds is 5. The largest absolute Gasteiger partial charge is 0.464 e. The van der Waals surface area contributed by atoms with Gasteiger partial charge in [0.05, 0.1) is 7.11 Å². The van der Waals surface area contributed by atoms with Gasteiger partial charge in [0.1, 0.15) is 9.80 Å². The van der Waals surface area contributed by atoms with Crippen molar-refractivity contribution in [3.05, 3.63) is 29.8 Å². The Labute approximate surface area is 136 Å². The van der Waals surface area contributed by atoms with E-state index < -0.39 is 15.8 Å². The third kappa shape index (κ3) is 6.53. The molecule has 0 aliphatic rings. The van der Waals surface area contributed by atoms with Crippen LogP contribution in [0.3, 0.4) is 0 Å². The van der Waals surface area contributed by atoms with Crippen LogP contribution in [0.2, 0.25) is 0 Å². The maximum Gasteiger partial charge on any atom is 0.367 e. The Balaban J connectivity index is 2.93. The van der Waals surface area contributed by atoms with Crippen LogP contribution in [0, 0.1) is 6.92 Å². The van der Waals surface area contributed by atoms with E-state index in [0.717, 1.165) is 28.6 Å². The molecular weight excluding hydrogens is 322 g/mol. The van der Waals surface area contributed by atoms with Crippen LogP contribution in [0.5, 0.6) is 0 Å². The van der Waals surface area contributed by atoms with Crippen LogP contribution in [0.15, 0.2) is 34.3 Å². The van der Waals surface area contributed by atoms with E-state index >= 15 is 0 Å². The minimum atomic E-state index is -2.66. The lowest BCUT2D eigenvalue weighted by molar-refractivity contribution is -0.132. The summed E-state index contributed by atoms with van der Waals surface area (Å²) in [5, 5.41) is 5.31. The van der Waals surface area contributed by atoms with Gasteiger partial charge in [0, 0.05) is 16.5 Å². The molecule has 5 nitrogen and oxygen atoms in total. The fourth-order valence-electron chi connectivity index (χ4n) is 1.37. The highest BCUT2D eigenvalue weighted by Crippen LogP contribution is 2.21. The Morgan fingerprint density at radius 2 is 2.00 bits per heavy atom. The van der Waals surface area contributed by atoms with Crippen molar-refractivity contribution in [3.63, 3.8) is 0 Å². The van der Waals surface area contributed by atoms with E-state index in [1.165, 1.54) is 13.4 Å². The van der Waals surface area contributed by atoms with Gasteiger partial charge >= 0.3 is 5.97 Å². The predicted molar refractivity (Wildman–Crippen MR) is 92.6 cm³/mol. The van der Waals surface area contributed by atoms with Gasteiger partial charge in [-0.3, -0.25) is 0 Å². The topological polar surface area (TPSA) is 65.0 Å². The normalized spacial score (nSPS) is 14.1. The summed E-state index contributed by atoms with van der Waals surface area (Å²) in [4.78, 5) is 12.6. The number of unbranched alkanes of at least 4 members (excludes halogenated alkanes) is 1. The number of carbonyl (C=O) groups is 1. The molecule has 1 rings (SSSR count). The summed E-state index contributed by atoms with van der Waals surface area (Å²) in [7, 11) is -1.40. The summed E-state index contributed by atoms with van der Waals surface area (Å²) in [6, 6.07) is 7.59. The molecule has 1 aromatic rings. The Morgan fingerprint density at radius 1 is 1.36 bits per heavy atom. The number of hydrogen-bond donors (Lipinski definition) is 0. The summed E-state index contributed by atoms with van der Waals surface area (Å²) < 4.78 is 21.8. The van der Waals surface area contributed by atoms with Crippen molar-refractivity contribution in [3.8, 4) is 0 Å². The van der Waals surface area contributed by atoms with E-state index in [0.29, 0.717) is 6.42 Å². The van der Waals surface area contributed by atoms with E-state index in [4.69, 9.17) is 4.28 Å². The smallest absolute Gasteiger partial charge is 0.367 e. The lowest BCUT2D eigenvalue weighted by Crippen LogP contribution is -2.14. The zero-order chi connectivity index (χ0) is 16.6. The lowest BCUT2D eigenvalue weighted by atomic mass is 10.2. The van der Waals surface area contributed by atoms with Gasteiger partial charge in [0.2, 0.25) is 5.04 Å². The Morgan fingerprint density at radius 3 is 2.55 bits per heavy atom. The zero-order valence-electron chi connectivity index (χ0n) is 13.2. The van der Waals surface area contributed by atoms with Crippen LogP contribution < -0.4 is 0 Å². The number of oxime groups is 1. The van der Waals surface area contributed by atoms with Gasteiger partial charge in [-0.1, -0.05) is 48.0 Å². The van der Waals surface area contributed by atoms with Gasteiger partial charge in [0.15, 0.2) is 0 Å². The summed E-state index contributed by atoms with van der Waals surface area (Å²) in [5.74, 6) is -0.628. The Bertz CT molecular complexity index is 644. The highest BCUT2D eigenvalue weighted by molar-refractivity contribution is 8.15. The maximum absolute atomic E-state index is 12.1. The number of aryl methyl sites for hydroxylation is 1. The quantitative estimate of drug-likeness (QED) is 0.205. The molecule has 1 unspecified atom stereocenters. The van der Waals surface area contributed by atoms with E-state index in [2.05, 4.69) is 9.89 Å². The van der Waals surface area contributed by atoms with Crippen LogP contribution in [0.1, 0.15) is 25.3 Å². The molecule has 1 aromatic carbocycles. The predicted octanol–water partition coefficient (Wildman–Crippen LogP) is 3.02. The van der Waals surface area contributed by atoms with Crippen molar-refractivity contribution in [2.45, 2.75) is 31.6 Å². The van der Waals surface area contributed by atoms with Gasteiger partial charge in [-0.05, 0) is 25.5 Å². The van der Waals surface area contributed by atoms with Gasteiger partial charge in [-0.15, -0.1) is 0 Å². The zero-order valence-corrected chi connectivity index (χ0v) is 14.8. The fraction of sp³-hybridized carbons (Fsp3) is 0.400. The first-order chi connectivity index (χ1) is 10.4. The molecule has 0 aliphatic heterocycles. The molecule has 122 valence electrons. The average molecular weight is 343 g/mol. The second-order valence-electron chi connectivity index (χ2n) is 4.66. The number of nitrogens with zero attached hydrogens (tertiary/aromatic N) is 1. The van der Waals surface area contributed by atoms with Crippen molar-refractivity contribution in [1.82, 2.24) is 0 Å². The molecule has 0 N–H and O–H groups in total. The molecule has 0 aromatic heterocycles. The number of thioether (sulfide) groups is 1. The highest BCUT2D eigenvalue weighted by atomic mass is 32.2. The molecule has 0 spiro atoms. The second kappa shape index (κ2) is 8.85. The monoisotopic (exact) mass is 343 g/mol. The maximum atomic E-state index is 12.1. The summed E-state index contributed by atoms with van der Waals surface area (Å²) in [6.45, 7) is 3.95. The minimum absolute atomic E-state index is 0.00539. The molecule has 1 atom stereocenters. The molecule has 0 radical (unpaired) electrons. The number of benzene rings is 1. The number of ether oxygens (including phenoxy) is 1. The molecule has 0 bridgehead atoms. The standard InChI is InChI=1S/C15H21NO4S2/c1-5-6-11-22(4,18)20-16-14(15(17)19-3)21-13-9-7-12(2)8-10-13/h7-11H,5-6H2,1-4H3. The molecule has 0 saturated heterocycles. The van der Waals surface area contributed by atoms with Crippen molar-refractivity contribution >= 4 is 37.9 Å². The highest BCUT2D eigenvalue weighted by Gasteiger charge is 2.16. The molecule has 0 fully saturated rings. The Kier molecular flexibility index (Phi) is 7.47. The summed E-state index contributed by atoms with van der Waals surface area (Å²) in [5.41, 5.74) is 1.11. The number of methoxy groups -OCH3 is 1. The lowest BCUT2D eigenvalue weighted by Gasteiger charge is -2.06. The minimum Gasteiger partial charge on any atom is -0.464 e. The first-order valence-corrected chi connectivity index (χ1v) is 9.57. The van der Waals surface area contributed by atoms with Gasteiger partial charge in [-0.2, -0.15) is 0 Å². The van der Waals surface area contributed by atoms with Crippen molar-refractivity contribution in [2.24, 2.45) is 5.16 Å². The number of carbonyl (C=O) groups excluding carboxylic acids is 1. The van der Waals surface area contributed by atoms with Crippen LogP contribution in [-0.4, -0.2) is 34.0 Å². The number of esters is 1. The van der Waals surface area contributed by atoms with Crippen molar-refractivity contribution in [2.75, 3.05) is 13.4 Å². The summed E-state index contributed by atoms with van der Waals surface area (Å²) >= 11 is 1.11. The molecule has 7 heteroatoms. The van der Waals surface area contributed by atoms with Crippen molar-refractivity contribution < 1.29 is 18.0 Å². The molecule has 0 amide bonds. The summed E-state index contributed by atoms with van der Waals surface area (Å²) in [6.07, 6.45) is 2.96. The first kappa shape index (κ1) is 18.6. The molecule has 0 heterocycles. The van der Waals surface area contributed by atoms with E-state index in [1.807, 2.05) is 38.1 Å². The van der Waals surface area contributed by atoms with Gasteiger partial charge < -0.3 is 9.02 Å². The SMILES string of the molecule is CCCC=S(C)(=O)ON=C(Sc1ccc(C)cc1)C(=O)OC. The Hall–Kier alpha value is -1.47. The third-order valence-corrected chi connectivity index (χ3v) is 4.73. The van der Waals surface area contributed by atoms with Crippen LogP contribution in [0.25, 0.3) is 0 Å². The van der Waals surface area contributed by atoms with Gasteiger partial charge in [-0.25, -0.2) is 9.00 Å². The first-order valence-electron chi connectivity index (χ1n) is 6.79. The van der Waals surface area contributed by atoms with Crippen molar-refractivity contribution in [1.29, 1.82) is 0 Å². The van der Waals surface area contributed by atoms with E-state index in [1.54, 1.807) is 5.37 Å². The van der Waals surface area contributed by atoms with Crippen LogP contribution >= 0.6 is 11.8 Å². The van der Waals surface area contributed by atoms with E-state index in [9.17, 15) is 9.00 Å². The van der Waals surface area contributed by atoms with E-state index in [-0.39, 0.29) is 5.04 Å². The molecule has 22 heavy (non-hydrogen) atoms. The average Bonchev–Trinajstić information content (AvgIpc) is 2.50. The van der Waals surface area contributed by atoms with Gasteiger partial charge in [0.25, 0.3) is 0 Å². The molecule has 0 aliphatic carbocycles.